The van der Waals surface area contributed by atoms with Crippen molar-refractivity contribution in [1.29, 1.82) is 0 Å². The Morgan fingerprint density at radius 2 is 1.76 bits per heavy atom. The molecule has 1 aliphatic rings. The van der Waals surface area contributed by atoms with Crippen molar-refractivity contribution in [1.82, 2.24) is 14.7 Å². The number of carbonyl (C=O) groups is 1. The van der Waals surface area contributed by atoms with Crippen molar-refractivity contribution < 1.29 is 18.7 Å². The SMILES string of the molecule is COc1ccc(Oc2c(CN(Cc3ccco3)C(=O)C3CC3)c(C)nn2-c2ccccc2)cc1. The monoisotopic (exact) mass is 457 g/mol. The van der Waals surface area contributed by atoms with Gasteiger partial charge in [0.2, 0.25) is 11.8 Å². The molecule has 0 spiro atoms. The van der Waals surface area contributed by atoms with Crippen molar-refractivity contribution in [2.24, 2.45) is 5.92 Å². The maximum absolute atomic E-state index is 13.2. The summed E-state index contributed by atoms with van der Waals surface area (Å²) in [5, 5.41) is 4.79. The van der Waals surface area contributed by atoms with E-state index < -0.39 is 0 Å². The summed E-state index contributed by atoms with van der Waals surface area (Å²) < 4.78 is 19.0. The van der Waals surface area contributed by atoms with E-state index in [1.807, 2.05) is 78.6 Å². The number of rotatable bonds is 9. The van der Waals surface area contributed by atoms with Crippen molar-refractivity contribution in [2.45, 2.75) is 32.9 Å². The van der Waals surface area contributed by atoms with Crippen LogP contribution in [0, 0.1) is 12.8 Å². The third-order valence-corrected chi connectivity index (χ3v) is 5.93. The zero-order valence-corrected chi connectivity index (χ0v) is 19.3. The lowest BCUT2D eigenvalue weighted by Crippen LogP contribution is -2.31. The van der Waals surface area contributed by atoms with Gasteiger partial charge < -0.3 is 18.8 Å². The fourth-order valence-corrected chi connectivity index (χ4v) is 3.91. The highest BCUT2D eigenvalue weighted by Crippen LogP contribution is 2.35. The van der Waals surface area contributed by atoms with E-state index in [4.69, 9.17) is 19.0 Å². The lowest BCUT2D eigenvalue weighted by atomic mass is 10.2. The van der Waals surface area contributed by atoms with Crippen LogP contribution in [0.1, 0.15) is 29.9 Å². The van der Waals surface area contributed by atoms with Crippen LogP contribution in [0.4, 0.5) is 0 Å². The number of methoxy groups -OCH3 is 1. The number of para-hydroxylation sites is 1. The molecule has 0 saturated heterocycles. The zero-order chi connectivity index (χ0) is 23.5. The highest BCUT2D eigenvalue weighted by Gasteiger charge is 2.35. The van der Waals surface area contributed by atoms with E-state index in [0.717, 1.165) is 41.3 Å². The Hall–Kier alpha value is -4.00. The van der Waals surface area contributed by atoms with E-state index in [-0.39, 0.29) is 11.8 Å². The summed E-state index contributed by atoms with van der Waals surface area (Å²) in [6.07, 6.45) is 3.50. The summed E-state index contributed by atoms with van der Waals surface area (Å²) in [5.41, 5.74) is 2.55. The average molecular weight is 458 g/mol. The molecule has 0 aliphatic heterocycles. The normalized spacial score (nSPS) is 13.0. The molecule has 1 amide bonds. The van der Waals surface area contributed by atoms with Crippen LogP contribution in [-0.4, -0.2) is 27.7 Å². The number of aryl methyl sites for hydroxylation is 1. The van der Waals surface area contributed by atoms with Crippen LogP contribution in [0.25, 0.3) is 5.69 Å². The maximum Gasteiger partial charge on any atom is 0.227 e. The highest BCUT2D eigenvalue weighted by atomic mass is 16.5. The second-order valence-electron chi connectivity index (χ2n) is 8.44. The lowest BCUT2D eigenvalue weighted by molar-refractivity contribution is -0.134. The molecule has 1 saturated carbocycles. The van der Waals surface area contributed by atoms with Crippen LogP contribution in [-0.2, 0) is 17.9 Å². The molecule has 2 aromatic carbocycles. The topological polar surface area (TPSA) is 69.7 Å². The first-order chi connectivity index (χ1) is 16.6. The molecule has 34 heavy (non-hydrogen) atoms. The molecule has 0 unspecified atom stereocenters. The van der Waals surface area contributed by atoms with E-state index >= 15 is 0 Å². The third-order valence-electron chi connectivity index (χ3n) is 5.93. The minimum absolute atomic E-state index is 0.0883. The van der Waals surface area contributed by atoms with Gasteiger partial charge in [-0.15, -0.1) is 0 Å². The standard InChI is InChI=1S/C27H27N3O4/c1-19-25(18-29(26(31)20-10-11-20)17-24-9-6-16-33-24)27(30(28-19)21-7-4-3-5-8-21)34-23-14-12-22(32-2)13-15-23/h3-9,12-16,20H,10-11,17-18H2,1-2H3. The first-order valence-electron chi connectivity index (χ1n) is 11.4. The van der Waals surface area contributed by atoms with E-state index in [1.165, 1.54) is 0 Å². The predicted octanol–water partition coefficient (Wildman–Crippen LogP) is 5.51. The summed E-state index contributed by atoms with van der Waals surface area (Å²) in [6.45, 7) is 2.72. The maximum atomic E-state index is 13.2. The van der Waals surface area contributed by atoms with Crippen molar-refractivity contribution in [3.8, 4) is 23.1 Å². The fourth-order valence-electron chi connectivity index (χ4n) is 3.91. The van der Waals surface area contributed by atoms with E-state index in [2.05, 4.69) is 0 Å². The highest BCUT2D eigenvalue weighted by molar-refractivity contribution is 5.81. The number of benzene rings is 2. The molecule has 0 atom stereocenters. The Morgan fingerprint density at radius 3 is 2.41 bits per heavy atom. The van der Waals surface area contributed by atoms with Gasteiger partial charge in [-0.2, -0.15) is 5.10 Å². The average Bonchev–Trinajstić information content (AvgIpc) is 3.52. The molecule has 5 rings (SSSR count). The molecule has 7 nitrogen and oxygen atoms in total. The number of furan rings is 1. The van der Waals surface area contributed by atoms with Gasteiger partial charge in [-0.3, -0.25) is 4.79 Å². The van der Waals surface area contributed by atoms with E-state index in [9.17, 15) is 4.79 Å². The molecule has 1 aliphatic carbocycles. The molecule has 0 radical (unpaired) electrons. The molecule has 2 heterocycles. The van der Waals surface area contributed by atoms with Crippen LogP contribution in [0.3, 0.4) is 0 Å². The predicted molar refractivity (Wildman–Crippen MR) is 127 cm³/mol. The van der Waals surface area contributed by atoms with Gasteiger partial charge in [0.15, 0.2) is 0 Å². The lowest BCUT2D eigenvalue weighted by Gasteiger charge is -2.22. The minimum Gasteiger partial charge on any atom is -0.497 e. The number of ether oxygens (including phenoxy) is 2. The Labute approximate surface area is 198 Å². The van der Waals surface area contributed by atoms with Gasteiger partial charge in [0.1, 0.15) is 17.3 Å². The van der Waals surface area contributed by atoms with Crippen molar-refractivity contribution in [2.75, 3.05) is 7.11 Å². The van der Waals surface area contributed by atoms with Crippen LogP contribution in [0.2, 0.25) is 0 Å². The summed E-state index contributed by atoms with van der Waals surface area (Å²) in [7, 11) is 1.63. The van der Waals surface area contributed by atoms with E-state index in [1.54, 1.807) is 18.1 Å². The van der Waals surface area contributed by atoms with Gasteiger partial charge >= 0.3 is 0 Å². The van der Waals surface area contributed by atoms with Gasteiger partial charge in [-0.25, -0.2) is 4.68 Å². The van der Waals surface area contributed by atoms with Crippen molar-refractivity contribution >= 4 is 5.91 Å². The summed E-state index contributed by atoms with van der Waals surface area (Å²) in [6, 6.07) is 21.0. The number of nitrogens with zero attached hydrogens (tertiary/aromatic N) is 3. The van der Waals surface area contributed by atoms with Crippen molar-refractivity contribution in [3.05, 3.63) is 90.0 Å². The Bertz CT molecular complexity index is 1240. The van der Waals surface area contributed by atoms with Crippen molar-refractivity contribution in [3.63, 3.8) is 0 Å². The van der Waals surface area contributed by atoms with Crippen LogP contribution in [0.5, 0.6) is 17.4 Å². The first kappa shape index (κ1) is 21.8. The third kappa shape index (κ3) is 4.69. The minimum atomic E-state index is 0.0883. The number of hydrogen-bond acceptors (Lipinski definition) is 5. The van der Waals surface area contributed by atoms with Crippen LogP contribution >= 0.6 is 0 Å². The Morgan fingerprint density at radius 1 is 1.03 bits per heavy atom. The molecule has 1 fully saturated rings. The fraction of sp³-hybridized carbons (Fsp3) is 0.259. The first-order valence-corrected chi connectivity index (χ1v) is 11.4. The summed E-state index contributed by atoms with van der Waals surface area (Å²) >= 11 is 0. The molecule has 2 aromatic heterocycles. The molecular formula is C27H27N3O4. The Balaban J connectivity index is 1.53. The second kappa shape index (κ2) is 9.47. The Kier molecular flexibility index (Phi) is 6.08. The quantitative estimate of drug-likeness (QED) is 0.331. The molecule has 7 heteroatoms. The van der Waals surface area contributed by atoms with Crippen LogP contribution < -0.4 is 9.47 Å². The number of amides is 1. The molecular weight excluding hydrogens is 430 g/mol. The number of hydrogen-bond donors (Lipinski definition) is 0. The van der Waals surface area contributed by atoms with Gasteiger partial charge in [0.25, 0.3) is 0 Å². The van der Waals surface area contributed by atoms with Gasteiger partial charge in [0.05, 0.1) is 43.4 Å². The molecule has 0 N–H and O–H groups in total. The largest absolute Gasteiger partial charge is 0.497 e. The van der Waals surface area contributed by atoms with Gasteiger partial charge in [-0.05, 0) is 68.3 Å². The zero-order valence-electron chi connectivity index (χ0n) is 19.3. The van der Waals surface area contributed by atoms with E-state index in [0.29, 0.717) is 24.7 Å². The van der Waals surface area contributed by atoms with Gasteiger partial charge in [-0.1, -0.05) is 18.2 Å². The number of carbonyl (C=O) groups excluding carboxylic acids is 1. The summed E-state index contributed by atoms with van der Waals surface area (Å²) in [5.74, 6) is 2.97. The smallest absolute Gasteiger partial charge is 0.227 e. The molecule has 174 valence electrons. The molecule has 0 bridgehead atoms. The van der Waals surface area contributed by atoms with Crippen LogP contribution in [0.15, 0.2) is 77.4 Å². The summed E-state index contributed by atoms with van der Waals surface area (Å²) in [4.78, 5) is 15.0. The number of aromatic nitrogens is 2. The second-order valence-corrected chi connectivity index (χ2v) is 8.44. The molecule has 4 aromatic rings. The van der Waals surface area contributed by atoms with Gasteiger partial charge in [0, 0.05) is 5.92 Å².